The maximum Gasteiger partial charge on any atom is 0.0591 e. The molecule has 0 saturated heterocycles. The van der Waals surface area contributed by atoms with Gasteiger partial charge in [0, 0.05) is 25.2 Å². The molecule has 1 aliphatic carbocycles. The average molecular weight is 228 g/mol. The molecule has 0 bridgehead atoms. The van der Waals surface area contributed by atoms with E-state index < -0.39 is 0 Å². The van der Waals surface area contributed by atoms with Crippen molar-refractivity contribution >= 4 is 0 Å². The summed E-state index contributed by atoms with van der Waals surface area (Å²) in [4.78, 5) is 2.37. The van der Waals surface area contributed by atoms with Gasteiger partial charge in [-0.1, -0.05) is 13.8 Å². The summed E-state index contributed by atoms with van der Waals surface area (Å²) in [7, 11) is 4.38. The van der Waals surface area contributed by atoms with Crippen LogP contribution in [0.5, 0.6) is 0 Å². The molecule has 0 heterocycles. The van der Waals surface area contributed by atoms with Crippen molar-refractivity contribution < 1.29 is 4.74 Å². The molecule has 3 nitrogen and oxygen atoms in total. The van der Waals surface area contributed by atoms with Crippen LogP contribution in [0.2, 0.25) is 0 Å². The Bertz CT molecular complexity index is 188. The van der Waals surface area contributed by atoms with Gasteiger partial charge < -0.3 is 15.0 Å². The van der Waals surface area contributed by atoms with Crippen molar-refractivity contribution in [3.8, 4) is 0 Å². The third-order valence-electron chi connectivity index (χ3n) is 3.56. The lowest BCUT2D eigenvalue weighted by molar-refractivity contribution is 0.0550. The Morgan fingerprint density at radius 3 is 2.44 bits per heavy atom. The topological polar surface area (TPSA) is 24.5 Å². The summed E-state index contributed by atoms with van der Waals surface area (Å²) in [5.41, 5.74) is 0.429. The summed E-state index contributed by atoms with van der Waals surface area (Å²) in [5, 5.41) is 3.52. The minimum Gasteiger partial charge on any atom is -0.380 e. The molecule has 1 rings (SSSR count). The molecular weight excluding hydrogens is 200 g/mol. The number of nitrogens with zero attached hydrogens (tertiary/aromatic N) is 1. The second-order valence-electron chi connectivity index (χ2n) is 5.62. The maximum atomic E-state index is 5.55. The first-order valence-corrected chi connectivity index (χ1v) is 6.53. The highest BCUT2D eigenvalue weighted by molar-refractivity contribution is 4.97. The van der Waals surface area contributed by atoms with Gasteiger partial charge in [0.25, 0.3) is 0 Å². The molecule has 0 unspecified atom stereocenters. The quantitative estimate of drug-likeness (QED) is 0.640. The van der Waals surface area contributed by atoms with Crippen molar-refractivity contribution in [3.63, 3.8) is 0 Å². The molecule has 16 heavy (non-hydrogen) atoms. The van der Waals surface area contributed by atoms with Gasteiger partial charge in [-0.3, -0.25) is 0 Å². The summed E-state index contributed by atoms with van der Waals surface area (Å²) in [6, 6.07) is 0. The van der Waals surface area contributed by atoms with Gasteiger partial charge in [0.05, 0.1) is 6.61 Å². The van der Waals surface area contributed by atoms with Gasteiger partial charge >= 0.3 is 0 Å². The zero-order chi connectivity index (χ0) is 12.0. The van der Waals surface area contributed by atoms with Crippen LogP contribution in [-0.2, 0) is 4.74 Å². The van der Waals surface area contributed by atoms with Crippen LogP contribution < -0.4 is 5.32 Å². The van der Waals surface area contributed by atoms with Crippen LogP contribution >= 0.6 is 0 Å². The number of nitrogens with one attached hydrogen (secondary N) is 1. The minimum atomic E-state index is 0.429. The Hall–Kier alpha value is -0.120. The van der Waals surface area contributed by atoms with Crippen LogP contribution in [-0.4, -0.2) is 50.8 Å². The number of hydrogen-bond donors (Lipinski definition) is 1. The van der Waals surface area contributed by atoms with Gasteiger partial charge in [0.2, 0.25) is 0 Å². The largest absolute Gasteiger partial charge is 0.380 e. The van der Waals surface area contributed by atoms with Crippen LogP contribution in [0.25, 0.3) is 0 Å². The summed E-state index contributed by atoms with van der Waals surface area (Å²) in [5.74, 6) is 0.639. The van der Waals surface area contributed by atoms with Gasteiger partial charge in [-0.2, -0.15) is 0 Å². The second-order valence-corrected chi connectivity index (χ2v) is 5.62. The normalized spacial score (nSPS) is 19.1. The van der Waals surface area contributed by atoms with Crippen LogP contribution in [0.3, 0.4) is 0 Å². The molecule has 0 spiro atoms. The fourth-order valence-electron chi connectivity index (χ4n) is 2.15. The first-order valence-electron chi connectivity index (χ1n) is 6.53. The highest BCUT2D eigenvalue weighted by Gasteiger charge is 2.38. The lowest BCUT2D eigenvalue weighted by Gasteiger charge is -2.47. The lowest BCUT2D eigenvalue weighted by Crippen LogP contribution is -2.56. The summed E-state index contributed by atoms with van der Waals surface area (Å²) in [6.45, 7) is 8.15. The van der Waals surface area contributed by atoms with Gasteiger partial charge in [0.1, 0.15) is 0 Å². The van der Waals surface area contributed by atoms with E-state index in [0.717, 1.165) is 26.3 Å². The van der Waals surface area contributed by atoms with E-state index in [4.69, 9.17) is 4.74 Å². The highest BCUT2D eigenvalue weighted by atomic mass is 16.5. The van der Waals surface area contributed by atoms with Crippen molar-refractivity contribution in [3.05, 3.63) is 0 Å². The van der Waals surface area contributed by atoms with Crippen LogP contribution in [0.4, 0.5) is 0 Å². The van der Waals surface area contributed by atoms with E-state index in [9.17, 15) is 0 Å². The lowest BCUT2D eigenvalue weighted by atomic mass is 9.75. The van der Waals surface area contributed by atoms with Crippen LogP contribution in [0.15, 0.2) is 0 Å². The molecule has 96 valence electrons. The van der Waals surface area contributed by atoms with E-state index in [-0.39, 0.29) is 0 Å². The molecule has 0 amide bonds. The Morgan fingerprint density at radius 1 is 1.31 bits per heavy atom. The van der Waals surface area contributed by atoms with E-state index >= 15 is 0 Å². The monoisotopic (exact) mass is 228 g/mol. The average Bonchev–Trinajstić information content (AvgIpc) is 2.12. The molecule has 0 aliphatic heterocycles. The molecule has 3 heteroatoms. The fourth-order valence-corrected chi connectivity index (χ4v) is 2.15. The number of rotatable bonds is 8. The molecule has 0 radical (unpaired) electrons. The van der Waals surface area contributed by atoms with Crippen LogP contribution in [0, 0.1) is 5.92 Å². The van der Waals surface area contributed by atoms with Gasteiger partial charge in [-0.15, -0.1) is 0 Å². The predicted octanol–water partition coefficient (Wildman–Crippen LogP) is 1.73. The van der Waals surface area contributed by atoms with Gasteiger partial charge in [-0.25, -0.2) is 0 Å². The number of hydrogen-bond acceptors (Lipinski definition) is 3. The Labute approximate surface area is 101 Å². The third-order valence-corrected chi connectivity index (χ3v) is 3.56. The first-order chi connectivity index (χ1) is 7.57. The zero-order valence-electron chi connectivity index (χ0n) is 11.4. The summed E-state index contributed by atoms with van der Waals surface area (Å²) < 4.78 is 5.55. The van der Waals surface area contributed by atoms with Gasteiger partial charge in [0.15, 0.2) is 0 Å². The molecule has 1 fully saturated rings. The first kappa shape index (κ1) is 13.9. The van der Waals surface area contributed by atoms with Gasteiger partial charge in [-0.05, 0) is 39.3 Å². The van der Waals surface area contributed by atoms with Crippen LogP contribution in [0.1, 0.15) is 33.1 Å². The second kappa shape index (κ2) is 6.58. The molecule has 1 N–H and O–H groups in total. The van der Waals surface area contributed by atoms with E-state index in [1.54, 1.807) is 0 Å². The fraction of sp³-hybridized carbons (Fsp3) is 1.00. The van der Waals surface area contributed by atoms with Crippen molar-refractivity contribution in [1.29, 1.82) is 0 Å². The third kappa shape index (κ3) is 4.04. The molecule has 1 aliphatic rings. The van der Waals surface area contributed by atoms with E-state index in [2.05, 4.69) is 38.2 Å². The van der Waals surface area contributed by atoms with E-state index in [1.807, 2.05) is 0 Å². The van der Waals surface area contributed by atoms with Crippen molar-refractivity contribution in [2.75, 3.05) is 40.4 Å². The van der Waals surface area contributed by atoms with E-state index in [0.29, 0.717) is 11.5 Å². The minimum absolute atomic E-state index is 0.429. The standard InChI is InChI=1S/C13H28N2O/c1-12(2)10-16-9-8-14-11-13(15(3)4)6-5-7-13/h12,14H,5-11H2,1-4H3. The zero-order valence-corrected chi connectivity index (χ0v) is 11.4. The molecule has 0 aromatic carbocycles. The molecule has 0 atom stereocenters. The highest BCUT2D eigenvalue weighted by Crippen LogP contribution is 2.35. The Balaban J connectivity index is 2.02. The number of likely N-dealkylation sites (N-methyl/N-ethyl adjacent to an activating group) is 1. The van der Waals surface area contributed by atoms with E-state index in [1.165, 1.54) is 19.3 Å². The maximum absolute atomic E-state index is 5.55. The summed E-state index contributed by atoms with van der Waals surface area (Å²) in [6.07, 6.45) is 4.05. The van der Waals surface area contributed by atoms with Crippen molar-refractivity contribution in [2.45, 2.75) is 38.6 Å². The molecule has 0 aromatic heterocycles. The smallest absolute Gasteiger partial charge is 0.0591 e. The molecular formula is C13H28N2O. The predicted molar refractivity (Wildman–Crippen MR) is 68.8 cm³/mol. The van der Waals surface area contributed by atoms with Crippen molar-refractivity contribution in [2.24, 2.45) is 5.92 Å². The SMILES string of the molecule is CC(C)COCCNCC1(N(C)C)CCC1. The molecule has 0 aromatic rings. The summed E-state index contributed by atoms with van der Waals surface area (Å²) >= 11 is 0. The Kier molecular flexibility index (Phi) is 5.73. The molecule has 1 saturated carbocycles. The Morgan fingerprint density at radius 2 is 2.00 bits per heavy atom. The number of ether oxygens (including phenoxy) is 1. The van der Waals surface area contributed by atoms with Crippen molar-refractivity contribution in [1.82, 2.24) is 10.2 Å².